The highest BCUT2D eigenvalue weighted by molar-refractivity contribution is 5.70. The summed E-state index contributed by atoms with van der Waals surface area (Å²) < 4.78 is 10.8. The molecule has 0 bridgehead atoms. The summed E-state index contributed by atoms with van der Waals surface area (Å²) in [4.78, 5) is 11.3. The minimum atomic E-state index is -0.277. The molecule has 144 valence electrons. The van der Waals surface area contributed by atoms with Crippen molar-refractivity contribution in [3.05, 3.63) is 58.7 Å². The quantitative estimate of drug-likeness (QED) is 0.385. The fraction of sp³-hybridized carbons (Fsp3) is 0.458. The Labute approximate surface area is 162 Å². The molecule has 0 saturated heterocycles. The highest BCUT2D eigenvalue weighted by Gasteiger charge is 2.35. The summed E-state index contributed by atoms with van der Waals surface area (Å²) >= 11 is 0. The molecule has 1 saturated carbocycles. The molecule has 0 atom stereocenters. The highest BCUT2D eigenvalue weighted by Crippen LogP contribution is 2.45. The number of carbonyl (C=O) groups excluding carboxylic acids is 1. The molecule has 0 unspecified atom stereocenters. The van der Waals surface area contributed by atoms with Gasteiger partial charge in [0, 0.05) is 12.3 Å². The van der Waals surface area contributed by atoms with Crippen LogP contribution in [0.2, 0.25) is 0 Å². The van der Waals surface area contributed by atoms with Crippen molar-refractivity contribution in [2.45, 2.75) is 64.7 Å². The van der Waals surface area contributed by atoms with Gasteiger partial charge in [-0.3, -0.25) is 4.79 Å². The standard InChI is InChI=1S/C24H30O3/c1-17-15-20(9-11-22(17)26-4)24(13-7-5-6-8-14-24)21-10-12-23(18(2)16-21)27-19(3)25/h9-12,15-16H,5-8,13-14H2,1-4H3. The van der Waals surface area contributed by atoms with Gasteiger partial charge in [-0.1, -0.05) is 49.9 Å². The summed E-state index contributed by atoms with van der Waals surface area (Å²) in [7, 11) is 1.72. The smallest absolute Gasteiger partial charge is 0.308 e. The zero-order valence-electron chi connectivity index (χ0n) is 16.9. The van der Waals surface area contributed by atoms with E-state index in [4.69, 9.17) is 9.47 Å². The summed E-state index contributed by atoms with van der Waals surface area (Å²) in [5.74, 6) is 1.31. The second-order valence-electron chi connectivity index (χ2n) is 7.75. The molecule has 0 heterocycles. The lowest BCUT2D eigenvalue weighted by atomic mass is 9.68. The molecule has 2 aromatic carbocycles. The van der Waals surface area contributed by atoms with Crippen molar-refractivity contribution in [3.63, 3.8) is 0 Å². The highest BCUT2D eigenvalue weighted by atomic mass is 16.5. The molecule has 2 aromatic rings. The van der Waals surface area contributed by atoms with Gasteiger partial charge in [-0.05, 0) is 61.1 Å². The Morgan fingerprint density at radius 3 is 1.81 bits per heavy atom. The van der Waals surface area contributed by atoms with Crippen LogP contribution in [0.5, 0.6) is 11.5 Å². The van der Waals surface area contributed by atoms with Gasteiger partial charge in [0.1, 0.15) is 11.5 Å². The van der Waals surface area contributed by atoms with Crippen LogP contribution < -0.4 is 9.47 Å². The van der Waals surface area contributed by atoms with Crippen molar-refractivity contribution in [3.8, 4) is 11.5 Å². The number of rotatable bonds is 4. The Morgan fingerprint density at radius 2 is 1.37 bits per heavy atom. The van der Waals surface area contributed by atoms with Gasteiger partial charge in [0.15, 0.2) is 0 Å². The van der Waals surface area contributed by atoms with Gasteiger partial charge < -0.3 is 9.47 Å². The molecule has 3 rings (SSSR count). The first-order chi connectivity index (χ1) is 13.0. The van der Waals surface area contributed by atoms with Crippen LogP contribution in [0, 0.1) is 13.8 Å². The first kappa shape index (κ1) is 19.5. The van der Waals surface area contributed by atoms with Crippen LogP contribution in [0.4, 0.5) is 0 Å². The average Bonchev–Trinajstić information content (AvgIpc) is 2.90. The van der Waals surface area contributed by atoms with Crippen LogP contribution in [0.3, 0.4) is 0 Å². The van der Waals surface area contributed by atoms with E-state index < -0.39 is 0 Å². The van der Waals surface area contributed by atoms with E-state index in [1.165, 1.54) is 49.3 Å². The van der Waals surface area contributed by atoms with E-state index in [-0.39, 0.29) is 11.4 Å². The zero-order valence-corrected chi connectivity index (χ0v) is 16.9. The molecule has 3 heteroatoms. The number of carbonyl (C=O) groups is 1. The van der Waals surface area contributed by atoms with Gasteiger partial charge in [-0.2, -0.15) is 0 Å². The van der Waals surface area contributed by atoms with Crippen LogP contribution in [-0.4, -0.2) is 13.1 Å². The zero-order chi connectivity index (χ0) is 19.4. The Bertz CT molecular complexity index is 814. The predicted octanol–water partition coefficient (Wildman–Crippen LogP) is 5.88. The van der Waals surface area contributed by atoms with Gasteiger partial charge in [0.25, 0.3) is 0 Å². The molecule has 0 N–H and O–H groups in total. The second kappa shape index (κ2) is 8.16. The fourth-order valence-corrected chi connectivity index (χ4v) is 4.47. The van der Waals surface area contributed by atoms with Gasteiger partial charge in [-0.25, -0.2) is 0 Å². The van der Waals surface area contributed by atoms with E-state index >= 15 is 0 Å². The van der Waals surface area contributed by atoms with Crippen LogP contribution >= 0.6 is 0 Å². The monoisotopic (exact) mass is 366 g/mol. The fourth-order valence-electron chi connectivity index (χ4n) is 4.47. The first-order valence-electron chi connectivity index (χ1n) is 9.91. The van der Waals surface area contributed by atoms with Crippen molar-refractivity contribution in [1.29, 1.82) is 0 Å². The van der Waals surface area contributed by atoms with Gasteiger partial charge >= 0.3 is 5.97 Å². The van der Waals surface area contributed by atoms with Crippen molar-refractivity contribution in [2.75, 3.05) is 7.11 Å². The molecule has 0 aliphatic heterocycles. The van der Waals surface area contributed by atoms with Crippen LogP contribution in [0.1, 0.15) is 67.7 Å². The molecule has 27 heavy (non-hydrogen) atoms. The van der Waals surface area contributed by atoms with Crippen LogP contribution in [0.25, 0.3) is 0 Å². The van der Waals surface area contributed by atoms with Gasteiger partial charge in [-0.15, -0.1) is 0 Å². The number of aryl methyl sites for hydroxylation is 2. The first-order valence-corrected chi connectivity index (χ1v) is 9.91. The normalized spacial score (nSPS) is 16.4. The average molecular weight is 367 g/mol. The van der Waals surface area contributed by atoms with E-state index in [1.54, 1.807) is 7.11 Å². The molecule has 0 radical (unpaired) electrons. The molecule has 0 aromatic heterocycles. The second-order valence-corrected chi connectivity index (χ2v) is 7.75. The van der Waals surface area contributed by atoms with Crippen molar-refractivity contribution >= 4 is 5.97 Å². The Hall–Kier alpha value is -2.29. The molecule has 1 fully saturated rings. The third kappa shape index (κ3) is 4.02. The Kier molecular flexibility index (Phi) is 5.88. The molecule has 1 aliphatic carbocycles. The van der Waals surface area contributed by atoms with Crippen molar-refractivity contribution < 1.29 is 14.3 Å². The minimum absolute atomic E-state index is 0.00699. The number of benzene rings is 2. The maximum absolute atomic E-state index is 11.3. The van der Waals surface area contributed by atoms with E-state index in [9.17, 15) is 4.79 Å². The number of hydrogen-bond donors (Lipinski definition) is 0. The molecule has 0 amide bonds. The summed E-state index contributed by atoms with van der Waals surface area (Å²) in [6, 6.07) is 12.9. The Morgan fingerprint density at radius 1 is 0.852 bits per heavy atom. The van der Waals surface area contributed by atoms with Crippen LogP contribution in [0.15, 0.2) is 36.4 Å². The maximum Gasteiger partial charge on any atom is 0.308 e. The number of hydrogen-bond acceptors (Lipinski definition) is 3. The van der Waals surface area contributed by atoms with E-state index in [0.717, 1.165) is 24.2 Å². The van der Waals surface area contributed by atoms with E-state index in [1.807, 2.05) is 13.0 Å². The lowest BCUT2D eigenvalue weighted by Crippen LogP contribution is -2.27. The molecule has 1 aliphatic rings. The number of ether oxygens (including phenoxy) is 2. The molecule has 3 nitrogen and oxygen atoms in total. The lowest BCUT2D eigenvalue weighted by molar-refractivity contribution is -0.131. The van der Waals surface area contributed by atoms with Crippen molar-refractivity contribution in [1.82, 2.24) is 0 Å². The molecular formula is C24H30O3. The van der Waals surface area contributed by atoms with E-state index in [2.05, 4.69) is 37.3 Å². The predicted molar refractivity (Wildman–Crippen MR) is 109 cm³/mol. The lowest BCUT2D eigenvalue weighted by Gasteiger charge is -2.35. The van der Waals surface area contributed by atoms with Gasteiger partial charge in [0.2, 0.25) is 0 Å². The van der Waals surface area contributed by atoms with E-state index in [0.29, 0.717) is 5.75 Å². The number of methoxy groups -OCH3 is 1. The van der Waals surface area contributed by atoms with Gasteiger partial charge in [0.05, 0.1) is 7.11 Å². The molecule has 0 spiro atoms. The molecular weight excluding hydrogens is 336 g/mol. The Balaban J connectivity index is 2.09. The minimum Gasteiger partial charge on any atom is -0.496 e. The summed E-state index contributed by atoms with van der Waals surface area (Å²) in [6.45, 7) is 5.58. The number of esters is 1. The van der Waals surface area contributed by atoms with Crippen molar-refractivity contribution in [2.24, 2.45) is 0 Å². The topological polar surface area (TPSA) is 35.5 Å². The SMILES string of the molecule is COc1ccc(C2(c3ccc(OC(C)=O)c(C)c3)CCCCCC2)cc1C. The largest absolute Gasteiger partial charge is 0.496 e. The summed E-state index contributed by atoms with van der Waals surface area (Å²) in [5.41, 5.74) is 4.88. The maximum atomic E-state index is 11.3. The third-order valence-corrected chi connectivity index (χ3v) is 5.89. The summed E-state index contributed by atoms with van der Waals surface area (Å²) in [5, 5.41) is 0. The summed E-state index contributed by atoms with van der Waals surface area (Å²) in [6.07, 6.45) is 7.34. The van der Waals surface area contributed by atoms with Crippen LogP contribution in [-0.2, 0) is 10.2 Å². The third-order valence-electron chi connectivity index (χ3n) is 5.89.